The molecule has 3 heterocycles. The highest BCUT2D eigenvalue weighted by molar-refractivity contribution is 5.90. The first-order valence-electron chi connectivity index (χ1n) is 7.90. The van der Waals surface area contributed by atoms with E-state index < -0.39 is 11.7 Å². The molecule has 2 aliphatic rings. The van der Waals surface area contributed by atoms with Crippen molar-refractivity contribution in [1.82, 2.24) is 4.90 Å². The van der Waals surface area contributed by atoms with Crippen molar-refractivity contribution < 1.29 is 18.7 Å². The molecule has 1 amide bonds. The second-order valence-corrected chi connectivity index (χ2v) is 7.17. The summed E-state index contributed by atoms with van der Waals surface area (Å²) in [6, 6.07) is 4.08. The van der Waals surface area contributed by atoms with Crippen molar-refractivity contribution in [1.29, 1.82) is 0 Å². The molecule has 0 N–H and O–H groups in total. The number of fused-ring (bicyclic) bond motifs is 4. The minimum Gasteiger partial charge on any atom is -0.491 e. The number of furan rings is 1. The number of nitrogens with zero attached hydrogens (tertiary/aromatic N) is 1. The van der Waals surface area contributed by atoms with Crippen LogP contribution in [0.4, 0.5) is 4.79 Å². The van der Waals surface area contributed by atoms with Crippen LogP contribution in [0.1, 0.15) is 26.3 Å². The summed E-state index contributed by atoms with van der Waals surface area (Å²) in [5.41, 5.74) is 0.191. The van der Waals surface area contributed by atoms with Crippen molar-refractivity contribution in [2.45, 2.75) is 31.8 Å². The largest absolute Gasteiger partial charge is 0.491 e. The second kappa shape index (κ2) is 4.90. The van der Waals surface area contributed by atoms with E-state index in [2.05, 4.69) is 6.07 Å². The fraction of sp³-hybridized carbons (Fsp3) is 0.316. The third-order valence-electron chi connectivity index (χ3n) is 4.24. The van der Waals surface area contributed by atoms with E-state index in [9.17, 15) is 4.79 Å². The Labute approximate surface area is 140 Å². The Bertz CT molecular complexity index is 855. The summed E-state index contributed by atoms with van der Waals surface area (Å²) < 4.78 is 16.6. The number of ether oxygens (including phenoxy) is 2. The lowest BCUT2D eigenvalue weighted by Gasteiger charge is -2.28. The van der Waals surface area contributed by atoms with Gasteiger partial charge in [-0.05, 0) is 32.9 Å². The molecule has 2 aliphatic heterocycles. The van der Waals surface area contributed by atoms with Crippen LogP contribution in [-0.4, -0.2) is 23.2 Å². The Morgan fingerprint density at radius 2 is 1.96 bits per heavy atom. The van der Waals surface area contributed by atoms with Crippen molar-refractivity contribution in [3.05, 3.63) is 54.8 Å². The molecule has 124 valence electrons. The molecule has 1 spiro atoms. The third-order valence-corrected chi connectivity index (χ3v) is 4.24. The van der Waals surface area contributed by atoms with Crippen molar-refractivity contribution >= 4 is 16.9 Å². The monoisotopic (exact) mass is 325 g/mol. The summed E-state index contributed by atoms with van der Waals surface area (Å²) in [5, 5.41) is 1.99. The number of hydrogen-bond donors (Lipinski definition) is 0. The molecule has 2 aromatic rings. The van der Waals surface area contributed by atoms with Crippen LogP contribution in [-0.2, 0) is 10.2 Å². The van der Waals surface area contributed by atoms with E-state index in [1.807, 2.05) is 39.0 Å². The molecule has 0 fully saturated rings. The SMILES string of the molecule is CC(C)(C)OC(=O)N1C=CC2(C=C1)COc1c2ccc2cocc12. The molecule has 0 radical (unpaired) electrons. The number of hydrogen-bond acceptors (Lipinski definition) is 4. The van der Waals surface area contributed by atoms with Gasteiger partial charge in [0.05, 0.1) is 17.1 Å². The first-order valence-corrected chi connectivity index (χ1v) is 7.90. The van der Waals surface area contributed by atoms with Gasteiger partial charge in [0.2, 0.25) is 0 Å². The van der Waals surface area contributed by atoms with Gasteiger partial charge < -0.3 is 13.9 Å². The number of benzene rings is 1. The first-order chi connectivity index (χ1) is 11.4. The van der Waals surface area contributed by atoms with Crippen LogP contribution in [0.3, 0.4) is 0 Å². The maximum absolute atomic E-state index is 12.2. The molecule has 0 saturated heterocycles. The average molecular weight is 325 g/mol. The molecule has 1 aromatic heterocycles. The van der Waals surface area contributed by atoms with Crippen LogP contribution in [0.5, 0.6) is 5.75 Å². The van der Waals surface area contributed by atoms with Gasteiger partial charge in [-0.3, -0.25) is 4.90 Å². The zero-order valence-electron chi connectivity index (χ0n) is 13.9. The molecule has 1 aromatic carbocycles. The van der Waals surface area contributed by atoms with Gasteiger partial charge in [-0.25, -0.2) is 4.79 Å². The molecule has 0 unspecified atom stereocenters. The van der Waals surface area contributed by atoms with Gasteiger partial charge in [-0.2, -0.15) is 0 Å². The van der Waals surface area contributed by atoms with Crippen molar-refractivity contribution in [2.75, 3.05) is 6.61 Å². The fourth-order valence-electron chi connectivity index (χ4n) is 3.05. The Morgan fingerprint density at radius 1 is 1.21 bits per heavy atom. The third kappa shape index (κ3) is 2.28. The van der Waals surface area contributed by atoms with Gasteiger partial charge in [0.15, 0.2) is 0 Å². The van der Waals surface area contributed by atoms with Gasteiger partial charge in [-0.1, -0.05) is 12.1 Å². The predicted molar refractivity (Wildman–Crippen MR) is 89.7 cm³/mol. The maximum Gasteiger partial charge on any atom is 0.418 e. The van der Waals surface area contributed by atoms with Crippen molar-refractivity contribution in [3.63, 3.8) is 0 Å². The number of carbonyl (C=O) groups excluding carboxylic acids is 1. The van der Waals surface area contributed by atoms with E-state index in [1.54, 1.807) is 24.9 Å². The van der Waals surface area contributed by atoms with Crippen LogP contribution in [0.25, 0.3) is 10.8 Å². The first kappa shape index (κ1) is 14.9. The molecule has 4 rings (SSSR count). The fourth-order valence-corrected chi connectivity index (χ4v) is 3.05. The van der Waals surface area contributed by atoms with Gasteiger partial charge in [0.1, 0.15) is 24.2 Å². The summed E-state index contributed by atoms with van der Waals surface area (Å²) in [6.45, 7) is 6.05. The van der Waals surface area contributed by atoms with Crippen LogP contribution < -0.4 is 4.74 Å². The van der Waals surface area contributed by atoms with E-state index in [0.717, 1.165) is 22.1 Å². The highest BCUT2D eigenvalue weighted by atomic mass is 16.6. The molecule has 5 heteroatoms. The van der Waals surface area contributed by atoms with Gasteiger partial charge in [-0.15, -0.1) is 0 Å². The van der Waals surface area contributed by atoms with Crippen LogP contribution in [0, 0.1) is 0 Å². The average Bonchev–Trinajstić information content (AvgIpc) is 3.11. The topological polar surface area (TPSA) is 51.9 Å². The molecule has 0 bridgehead atoms. The predicted octanol–water partition coefficient (Wildman–Crippen LogP) is 4.34. The lowest BCUT2D eigenvalue weighted by atomic mass is 9.81. The number of carbonyl (C=O) groups is 1. The van der Waals surface area contributed by atoms with E-state index in [0.29, 0.717) is 6.61 Å². The van der Waals surface area contributed by atoms with Gasteiger partial charge in [0, 0.05) is 23.3 Å². The molecule has 5 nitrogen and oxygen atoms in total. The number of rotatable bonds is 0. The maximum atomic E-state index is 12.2. The Hall–Kier alpha value is -2.69. The van der Waals surface area contributed by atoms with E-state index >= 15 is 0 Å². The second-order valence-electron chi connectivity index (χ2n) is 7.17. The quantitative estimate of drug-likeness (QED) is 0.723. The van der Waals surface area contributed by atoms with Crippen LogP contribution >= 0.6 is 0 Å². The van der Waals surface area contributed by atoms with Gasteiger partial charge in [0.25, 0.3) is 0 Å². The minimum atomic E-state index is -0.524. The standard InChI is InChI=1S/C19H19NO4/c1-18(2,3)24-17(21)20-8-6-19(7-9-20)12-23-16-14-11-22-10-13(14)4-5-15(16)19/h4-11H,12H2,1-3H3. The summed E-state index contributed by atoms with van der Waals surface area (Å²) >= 11 is 0. The van der Waals surface area contributed by atoms with Crippen molar-refractivity contribution in [3.8, 4) is 5.75 Å². The molecule has 24 heavy (non-hydrogen) atoms. The zero-order chi connectivity index (χ0) is 16.9. The van der Waals surface area contributed by atoms with Crippen LogP contribution in [0.2, 0.25) is 0 Å². The summed E-state index contributed by atoms with van der Waals surface area (Å²) in [5.74, 6) is 0.848. The molecular formula is C19H19NO4. The molecular weight excluding hydrogens is 306 g/mol. The number of amides is 1. The van der Waals surface area contributed by atoms with E-state index in [4.69, 9.17) is 13.9 Å². The smallest absolute Gasteiger partial charge is 0.418 e. The van der Waals surface area contributed by atoms with Crippen molar-refractivity contribution in [2.24, 2.45) is 0 Å². The van der Waals surface area contributed by atoms with E-state index in [1.165, 1.54) is 4.90 Å². The van der Waals surface area contributed by atoms with Crippen LogP contribution in [0.15, 0.2) is 53.6 Å². The summed E-state index contributed by atoms with van der Waals surface area (Å²) in [4.78, 5) is 13.6. The molecule has 0 aliphatic carbocycles. The summed E-state index contributed by atoms with van der Waals surface area (Å²) in [7, 11) is 0. The molecule has 0 saturated carbocycles. The molecule has 0 atom stereocenters. The highest BCUT2D eigenvalue weighted by Crippen LogP contribution is 2.46. The van der Waals surface area contributed by atoms with Gasteiger partial charge >= 0.3 is 6.09 Å². The normalized spacial score (nSPS) is 18.0. The van der Waals surface area contributed by atoms with E-state index in [-0.39, 0.29) is 5.41 Å². The Morgan fingerprint density at radius 3 is 2.67 bits per heavy atom. The highest BCUT2D eigenvalue weighted by Gasteiger charge is 2.39. The Balaban J connectivity index is 1.64. The zero-order valence-corrected chi connectivity index (χ0v) is 13.9. The Kier molecular flexibility index (Phi) is 3.04. The lowest BCUT2D eigenvalue weighted by Crippen LogP contribution is -2.34. The lowest BCUT2D eigenvalue weighted by molar-refractivity contribution is 0.0395. The summed E-state index contributed by atoms with van der Waals surface area (Å²) in [6.07, 6.45) is 10.5. The minimum absolute atomic E-state index is 0.362.